The Balaban J connectivity index is 2.22. The minimum Gasteiger partial charge on any atom is -0.379 e. The summed E-state index contributed by atoms with van der Waals surface area (Å²) in [6.45, 7) is 1.15. The zero-order chi connectivity index (χ0) is 18.7. The topological polar surface area (TPSA) is 116 Å². The molecule has 0 spiro atoms. The van der Waals surface area contributed by atoms with Crippen molar-refractivity contribution in [1.29, 1.82) is 5.26 Å². The van der Waals surface area contributed by atoms with Crippen molar-refractivity contribution >= 4 is 21.8 Å². The largest absolute Gasteiger partial charge is 0.379 e. The van der Waals surface area contributed by atoms with Gasteiger partial charge in [0.05, 0.1) is 23.8 Å². The number of nitrogens with one attached hydrogen (secondary N) is 1. The second kappa shape index (κ2) is 7.59. The molecule has 0 amide bonds. The first-order valence-electron chi connectivity index (χ1n) is 7.74. The minimum atomic E-state index is -3.81. The lowest BCUT2D eigenvalue weighted by Gasteiger charge is -2.27. The van der Waals surface area contributed by atoms with Crippen LogP contribution in [0.5, 0.6) is 0 Å². The van der Waals surface area contributed by atoms with Gasteiger partial charge in [-0.25, -0.2) is 13.4 Å². The molecule has 0 aliphatic carbocycles. The van der Waals surface area contributed by atoms with Crippen LogP contribution < -0.4 is 5.56 Å². The van der Waals surface area contributed by atoms with Crippen molar-refractivity contribution in [3.63, 3.8) is 0 Å². The van der Waals surface area contributed by atoms with Gasteiger partial charge in [0.2, 0.25) is 10.0 Å². The summed E-state index contributed by atoms with van der Waals surface area (Å²) in [5, 5.41) is 9.68. The number of rotatable bonds is 4. The van der Waals surface area contributed by atoms with Crippen LogP contribution in [0.15, 0.2) is 39.1 Å². The minimum absolute atomic E-state index is 0.0172. The first kappa shape index (κ1) is 18.6. The van der Waals surface area contributed by atoms with Gasteiger partial charge in [-0.05, 0) is 12.3 Å². The third kappa shape index (κ3) is 3.39. The maximum Gasteiger partial charge on any atom is 0.270 e. The fraction of sp³-hybridized carbons (Fsp3) is 0.312. The van der Waals surface area contributed by atoms with Crippen LogP contribution in [0.4, 0.5) is 0 Å². The van der Waals surface area contributed by atoms with E-state index in [-0.39, 0.29) is 34.8 Å². The predicted molar refractivity (Wildman–Crippen MR) is 96.4 cm³/mol. The van der Waals surface area contributed by atoms with Crippen LogP contribution in [-0.4, -0.2) is 55.3 Å². The van der Waals surface area contributed by atoms with Crippen LogP contribution in [-0.2, 0) is 14.8 Å². The Morgan fingerprint density at radius 3 is 2.65 bits per heavy atom. The highest BCUT2D eigenvalue weighted by atomic mass is 32.2. The lowest BCUT2D eigenvalue weighted by molar-refractivity contribution is 0.0730. The summed E-state index contributed by atoms with van der Waals surface area (Å²) >= 11 is 1.20. The van der Waals surface area contributed by atoms with Crippen LogP contribution in [0.2, 0.25) is 0 Å². The number of nitrogens with zero attached hydrogens (tertiary/aromatic N) is 3. The molecule has 2 heterocycles. The second-order valence-corrected chi connectivity index (χ2v) is 8.12. The van der Waals surface area contributed by atoms with Gasteiger partial charge in [-0.15, -0.1) is 0 Å². The first-order chi connectivity index (χ1) is 12.5. The number of hydrogen-bond donors (Lipinski definition) is 1. The molecule has 1 saturated heterocycles. The lowest BCUT2D eigenvalue weighted by atomic mass is 10.1. The van der Waals surface area contributed by atoms with E-state index < -0.39 is 15.6 Å². The van der Waals surface area contributed by atoms with Crippen LogP contribution in [0.25, 0.3) is 11.3 Å². The third-order valence-electron chi connectivity index (χ3n) is 3.93. The van der Waals surface area contributed by atoms with Gasteiger partial charge in [0.1, 0.15) is 11.6 Å². The van der Waals surface area contributed by atoms with Crippen LogP contribution in [0.1, 0.15) is 5.56 Å². The summed E-state index contributed by atoms with van der Waals surface area (Å²) < 4.78 is 32.7. The zero-order valence-corrected chi connectivity index (χ0v) is 15.6. The fourth-order valence-electron chi connectivity index (χ4n) is 2.66. The van der Waals surface area contributed by atoms with E-state index in [0.717, 1.165) is 0 Å². The molecule has 136 valence electrons. The highest BCUT2D eigenvalue weighted by Gasteiger charge is 2.30. The number of hydrogen-bond acceptors (Lipinski definition) is 7. The molecular weight excluding hydrogens is 376 g/mol. The summed E-state index contributed by atoms with van der Waals surface area (Å²) in [7, 11) is -3.81. The normalized spacial score (nSPS) is 15.5. The monoisotopic (exact) mass is 392 g/mol. The first-order valence-corrected chi connectivity index (χ1v) is 10.4. The standard InChI is InChI=1S/C16H16N4O4S2/c1-25-16-18-14(12(10-17)15(21)19-16)11-4-2-3-5-13(11)26(22,23)20-6-8-24-9-7-20/h2-5H,6-9H2,1H3,(H,18,19,21). The van der Waals surface area contributed by atoms with Gasteiger partial charge in [-0.3, -0.25) is 4.79 Å². The molecule has 1 N–H and O–H groups in total. The van der Waals surface area contributed by atoms with Crippen LogP contribution in [0.3, 0.4) is 0 Å². The van der Waals surface area contributed by atoms with E-state index in [1.807, 2.05) is 6.07 Å². The summed E-state index contributed by atoms with van der Waals surface area (Å²) in [5.74, 6) is 0. The Labute approximate surface area is 154 Å². The molecule has 0 radical (unpaired) electrons. The molecule has 0 atom stereocenters. The van der Waals surface area contributed by atoms with Gasteiger partial charge in [0, 0.05) is 18.7 Å². The van der Waals surface area contributed by atoms with Crippen molar-refractivity contribution in [3.8, 4) is 17.3 Å². The Morgan fingerprint density at radius 1 is 1.31 bits per heavy atom. The molecule has 8 nitrogen and oxygen atoms in total. The molecule has 10 heteroatoms. The number of nitriles is 1. The Morgan fingerprint density at radius 2 is 2.00 bits per heavy atom. The van der Waals surface area contributed by atoms with E-state index in [0.29, 0.717) is 18.4 Å². The highest BCUT2D eigenvalue weighted by Crippen LogP contribution is 2.30. The zero-order valence-electron chi connectivity index (χ0n) is 13.9. The molecule has 0 bridgehead atoms. The fourth-order valence-corrected chi connectivity index (χ4v) is 4.64. The molecule has 1 fully saturated rings. The third-order valence-corrected chi connectivity index (χ3v) is 6.47. The van der Waals surface area contributed by atoms with Gasteiger partial charge in [0.25, 0.3) is 5.56 Å². The Kier molecular flexibility index (Phi) is 5.43. The van der Waals surface area contributed by atoms with Crippen molar-refractivity contribution in [1.82, 2.24) is 14.3 Å². The number of sulfonamides is 1. The summed E-state index contributed by atoms with van der Waals surface area (Å²) in [6, 6.07) is 8.10. The molecule has 1 aliphatic heterocycles. The average molecular weight is 392 g/mol. The molecule has 1 aromatic heterocycles. The summed E-state index contributed by atoms with van der Waals surface area (Å²) in [5.41, 5.74) is -0.516. The van der Waals surface area contributed by atoms with Crippen molar-refractivity contribution in [2.24, 2.45) is 0 Å². The van der Waals surface area contributed by atoms with Crippen LogP contribution >= 0.6 is 11.8 Å². The average Bonchev–Trinajstić information content (AvgIpc) is 2.68. The number of aromatic nitrogens is 2. The Hall–Kier alpha value is -2.19. The SMILES string of the molecule is CSc1nc(-c2ccccc2S(=O)(=O)N2CCOCC2)c(C#N)c(=O)[nH]1. The number of aromatic amines is 1. The number of ether oxygens (including phenoxy) is 1. The van der Waals surface area contributed by atoms with E-state index in [1.54, 1.807) is 24.5 Å². The summed E-state index contributed by atoms with van der Waals surface area (Å²) in [6.07, 6.45) is 1.73. The number of H-pyrrole nitrogens is 1. The number of thioether (sulfide) groups is 1. The van der Waals surface area contributed by atoms with E-state index >= 15 is 0 Å². The van der Waals surface area contributed by atoms with Gasteiger partial charge < -0.3 is 9.72 Å². The smallest absolute Gasteiger partial charge is 0.270 e. The maximum absolute atomic E-state index is 13.1. The number of morpholine rings is 1. The maximum atomic E-state index is 13.1. The Bertz CT molecular complexity index is 1020. The summed E-state index contributed by atoms with van der Waals surface area (Å²) in [4.78, 5) is 19.0. The van der Waals surface area contributed by atoms with Crippen LogP contribution in [0, 0.1) is 11.3 Å². The molecule has 26 heavy (non-hydrogen) atoms. The van der Waals surface area contributed by atoms with Crippen molar-refractivity contribution in [2.45, 2.75) is 10.1 Å². The quantitative estimate of drug-likeness (QED) is 0.611. The van der Waals surface area contributed by atoms with Crippen molar-refractivity contribution in [3.05, 3.63) is 40.2 Å². The van der Waals surface area contributed by atoms with Gasteiger partial charge in [-0.2, -0.15) is 9.57 Å². The van der Waals surface area contributed by atoms with Gasteiger partial charge >= 0.3 is 0 Å². The van der Waals surface area contributed by atoms with Gasteiger partial charge in [-0.1, -0.05) is 30.0 Å². The lowest BCUT2D eigenvalue weighted by Crippen LogP contribution is -2.40. The molecule has 1 aliphatic rings. The molecular formula is C16H16N4O4S2. The molecule has 0 saturated carbocycles. The second-order valence-electron chi connectivity index (χ2n) is 5.42. The van der Waals surface area contributed by atoms with E-state index in [2.05, 4.69) is 9.97 Å². The molecule has 2 aromatic rings. The van der Waals surface area contributed by atoms with Crippen molar-refractivity contribution in [2.75, 3.05) is 32.6 Å². The predicted octanol–water partition coefficient (Wildman–Crippen LogP) is 1.05. The van der Waals surface area contributed by atoms with E-state index in [1.165, 1.54) is 22.1 Å². The molecule has 3 rings (SSSR count). The molecule has 0 unspecified atom stereocenters. The number of benzene rings is 1. The van der Waals surface area contributed by atoms with E-state index in [9.17, 15) is 18.5 Å². The molecule has 1 aromatic carbocycles. The van der Waals surface area contributed by atoms with Gasteiger partial charge in [0.15, 0.2) is 5.16 Å². The highest BCUT2D eigenvalue weighted by molar-refractivity contribution is 7.98. The van der Waals surface area contributed by atoms with Crippen molar-refractivity contribution < 1.29 is 13.2 Å². The van der Waals surface area contributed by atoms with E-state index in [4.69, 9.17) is 4.74 Å².